The number of aliphatic hydroxyl groups excluding tert-OH is 1. The fraction of sp³-hybridized carbons (Fsp3) is 0.211. The molecular weight excluding hydrogens is 370 g/mol. The number of carbonyl (C=O) groups is 1. The zero-order valence-electron chi connectivity index (χ0n) is 14.0. The third-order valence-electron chi connectivity index (χ3n) is 4.06. The fourth-order valence-electron chi connectivity index (χ4n) is 2.64. The summed E-state index contributed by atoms with van der Waals surface area (Å²) in [4.78, 5) is 12.2. The normalized spacial score (nSPS) is 12.8. The van der Waals surface area contributed by atoms with E-state index in [9.17, 15) is 18.3 Å². The highest BCUT2D eigenvalue weighted by molar-refractivity contribution is 7.91. The van der Waals surface area contributed by atoms with Gasteiger partial charge in [-0.25, -0.2) is 8.42 Å². The topological polar surface area (TPSA) is 83.5 Å². The van der Waals surface area contributed by atoms with E-state index < -0.39 is 21.8 Å². The minimum Gasteiger partial charge on any atom is -0.387 e. The summed E-state index contributed by atoms with van der Waals surface area (Å²) < 4.78 is 25.4. The molecule has 0 saturated carbocycles. The van der Waals surface area contributed by atoms with Crippen molar-refractivity contribution in [2.75, 3.05) is 12.3 Å². The number of nitrogens with one attached hydrogen (secondary N) is 1. The van der Waals surface area contributed by atoms with Gasteiger partial charge >= 0.3 is 0 Å². The van der Waals surface area contributed by atoms with Crippen LogP contribution in [0.4, 0.5) is 0 Å². The van der Waals surface area contributed by atoms with Crippen molar-refractivity contribution in [3.8, 4) is 0 Å². The molecule has 26 heavy (non-hydrogen) atoms. The lowest BCUT2D eigenvalue weighted by Crippen LogP contribution is -2.29. The van der Waals surface area contributed by atoms with E-state index in [2.05, 4.69) is 5.32 Å². The van der Waals surface area contributed by atoms with Crippen LogP contribution in [0.1, 0.15) is 18.1 Å². The molecule has 136 valence electrons. The molecule has 3 aromatic rings. The quantitative estimate of drug-likeness (QED) is 0.651. The van der Waals surface area contributed by atoms with Crippen molar-refractivity contribution in [1.29, 1.82) is 0 Å². The zero-order valence-corrected chi connectivity index (χ0v) is 15.6. The monoisotopic (exact) mass is 389 g/mol. The molecule has 1 amide bonds. The average molecular weight is 389 g/mol. The Hall–Kier alpha value is -2.22. The van der Waals surface area contributed by atoms with Gasteiger partial charge < -0.3 is 10.4 Å². The minimum absolute atomic E-state index is 0.0466. The summed E-state index contributed by atoms with van der Waals surface area (Å²) in [6, 6.07) is 15.8. The molecule has 0 aliphatic rings. The Kier molecular flexibility index (Phi) is 5.70. The molecule has 0 spiro atoms. The van der Waals surface area contributed by atoms with E-state index >= 15 is 0 Å². The first-order chi connectivity index (χ1) is 12.5. The number of hydrogen-bond donors (Lipinski definition) is 2. The summed E-state index contributed by atoms with van der Waals surface area (Å²) >= 11 is 1.54. The molecule has 1 heterocycles. The smallest absolute Gasteiger partial charge is 0.221 e. The van der Waals surface area contributed by atoms with Gasteiger partial charge in [-0.1, -0.05) is 36.4 Å². The van der Waals surface area contributed by atoms with Gasteiger partial charge in [-0.2, -0.15) is 0 Å². The molecule has 0 radical (unpaired) electrons. The molecule has 1 aromatic heterocycles. The van der Waals surface area contributed by atoms with Gasteiger partial charge in [-0.15, -0.1) is 11.3 Å². The van der Waals surface area contributed by atoms with Gasteiger partial charge in [0.1, 0.15) is 0 Å². The standard InChI is InChI=1S/C19H19NO4S2/c21-17(16-13-25-18-9-5-4-8-15(16)18)12-20-19(22)10-11-26(23,24)14-6-2-1-3-7-14/h1-9,13,17,21H,10-12H2,(H,20,22). The number of aliphatic hydroxyl groups is 1. The SMILES string of the molecule is O=C(CCS(=O)(=O)c1ccccc1)NCC(O)c1csc2ccccc12. The van der Waals surface area contributed by atoms with Crippen LogP contribution in [0.15, 0.2) is 64.9 Å². The van der Waals surface area contributed by atoms with Crippen molar-refractivity contribution in [3.05, 3.63) is 65.5 Å². The van der Waals surface area contributed by atoms with Gasteiger partial charge in [0.15, 0.2) is 9.84 Å². The van der Waals surface area contributed by atoms with Crippen LogP contribution in [0.2, 0.25) is 0 Å². The maximum absolute atomic E-state index is 12.2. The van der Waals surface area contributed by atoms with Crippen molar-refractivity contribution >= 4 is 37.2 Å². The second-order valence-electron chi connectivity index (χ2n) is 5.89. The molecule has 0 bridgehead atoms. The van der Waals surface area contributed by atoms with Crippen LogP contribution in [0.5, 0.6) is 0 Å². The van der Waals surface area contributed by atoms with E-state index in [0.29, 0.717) is 0 Å². The van der Waals surface area contributed by atoms with E-state index in [1.165, 1.54) is 23.5 Å². The van der Waals surface area contributed by atoms with Crippen molar-refractivity contribution in [2.24, 2.45) is 0 Å². The first-order valence-corrected chi connectivity index (χ1v) is 10.7. The zero-order chi connectivity index (χ0) is 18.6. The molecule has 0 fully saturated rings. The molecule has 1 unspecified atom stereocenters. The number of fused-ring (bicyclic) bond motifs is 1. The Morgan fingerprint density at radius 2 is 1.77 bits per heavy atom. The molecule has 7 heteroatoms. The van der Waals surface area contributed by atoms with E-state index in [1.54, 1.807) is 18.2 Å². The van der Waals surface area contributed by atoms with Crippen molar-refractivity contribution in [2.45, 2.75) is 17.4 Å². The van der Waals surface area contributed by atoms with Crippen LogP contribution in [0.3, 0.4) is 0 Å². The summed E-state index contributed by atoms with van der Waals surface area (Å²) in [7, 11) is -3.49. The summed E-state index contributed by atoms with van der Waals surface area (Å²) in [5, 5.41) is 15.8. The van der Waals surface area contributed by atoms with Gasteiger partial charge in [-0.05, 0) is 29.0 Å². The molecule has 0 aliphatic heterocycles. The lowest BCUT2D eigenvalue weighted by Gasteiger charge is -2.12. The molecular formula is C19H19NO4S2. The van der Waals surface area contributed by atoms with Gasteiger partial charge in [-0.3, -0.25) is 4.79 Å². The Morgan fingerprint density at radius 1 is 1.08 bits per heavy atom. The van der Waals surface area contributed by atoms with Gasteiger partial charge in [0.05, 0.1) is 16.8 Å². The second kappa shape index (κ2) is 7.99. The van der Waals surface area contributed by atoms with Crippen LogP contribution in [-0.2, 0) is 14.6 Å². The summed E-state index contributed by atoms with van der Waals surface area (Å²) in [6.07, 6.45) is -0.977. The number of amides is 1. The molecule has 0 saturated heterocycles. The van der Waals surface area contributed by atoms with Gasteiger partial charge in [0.2, 0.25) is 5.91 Å². The number of rotatable bonds is 7. The largest absolute Gasteiger partial charge is 0.387 e. The Labute approximate surface area is 156 Å². The first kappa shape index (κ1) is 18.6. The number of thiophene rings is 1. The first-order valence-electron chi connectivity index (χ1n) is 8.16. The van der Waals surface area contributed by atoms with E-state index in [-0.39, 0.29) is 23.6 Å². The highest BCUT2D eigenvalue weighted by Crippen LogP contribution is 2.29. The summed E-state index contributed by atoms with van der Waals surface area (Å²) in [6.45, 7) is 0.0466. The molecule has 1 atom stereocenters. The van der Waals surface area contributed by atoms with Crippen LogP contribution in [-0.4, -0.2) is 31.7 Å². The lowest BCUT2D eigenvalue weighted by molar-refractivity contribution is -0.121. The maximum Gasteiger partial charge on any atom is 0.221 e. The minimum atomic E-state index is -3.49. The number of benzene rings is 2. The lowest BCUT2D eigenvalue weighted by atomic mass is 10.1. The third kappa shape index (κ3) is 4.30. The van der Waals surface area contributed by atoms with E-state index in [1.807, 2.05) is 29.6 Å². The predicted octanol–water partition coefficient (Wildman–Crippen LogP) is 2.91. The Bertz CT molecular complexity index is 997. The average Bonchev–Trinajstić information content (AvgIpc) is 3.09. The van der Waals surface area contributed by atoms with Crippen LogP contribution in [0, 0.1) is 0 Å². The number of sulfone groups is 1. The Balaban J connectivity index is 1.54. The molecule has 5 nitrogen and oxygen atoms in total. The van der Waals surface area contributed by atoms with Crippen LogP contribution >= 0.6 is 11.3 Å². The third-order valence-corrected chi connectivity index (χ3v) is 6.78. The van der Waals surface area contributed by atoms with E-state index in [0.717, 1.165) is 15.6 Å². The van der Waals surface area contributed by atoms with Crippen LogP contribution < -0.4 is 5.32 Å². The van der Waals surface area contributed by atoms with Crippen LogP contribution in [0.25, 0.3) is 10.1 Å². The highest BCUT2D eigenvalue weighted by Gasteiger charge is 2.18. The second-order valence-corrected chi connectivity index (χ2v) is 8.91. The van der Waals surface area contributed by atoms with Gasteiger partial charge in [0, 0.05) is 23.2 Å². The highest BCUT2D eigenvalue weighted by atomic mass is 32.2. The van der Waals surface area contributed by atoms with Crippen molar-refractivity contribution < 1.29 is 18.3 Å². The van der Waals surface area contributed by atoms with E-state index in [4.69, 9.17) is 0 Å². The Morgan fingerprint density at radius 3 is 2.54 bits per heavy atom. The fourth-order valence-corrected chi connectivity index (χ4v) is 4.91. The molecule has 3 rings (SSSR count). The maximum atomic E-state index is 12.2. The summed E-state index contributed by atoms with van der Waals surface area (Å²) in [5.41, 5.74) is 0.766. The van der Waals surface area contributed by atoms with Gasteiger partial charge in [0.25, 0.3) is 0 Å². The number of hydrogen-bond acceptors (Lipinski definition) is 5. The van der Waals surface area contributed by atoms with Crippen molar-refractivity contribution in [1.82, 2.24) is 5.32 Å². The molecule has 0 aliphatic carbocycles. The summed E-state index contributed by atoms with van der Waals surface area (Å²) in [5.74, 6) is -0.663. The number of carbonyl (C=O) groups excluding carboxylic acids is 1. The molecule has 2 aromatic carbocycles. The predicted molar refractivity (Wildman–Crippen MR) is 103 cm³/mol. The van der Waals surface area contributed by atoms with Crippen molar-refractivity contribution in [3.63, 3.8) is 0 Å². The molecule has 2 N–H and O–H groups in total.